The molecule has 1 amide bonds. The van der Waals surface area contributed by atoms with Gasteiger partial charge in [0.15, 0.2) is 0 Å². The number of sulfonamides is 1. The van der Waals surface area contributed by atoms with E-state index in [0.717, 1.165) is 6.07 Å². The molecule has 6 aromatic rings. The number of carboxylic acids is 1. The molecule has 2 aromatic heterocycles. The third kappa shape index (κ3) is 8.33. The Morgan fingerprint density at radius 3 is 2.13 bits per heavy atom. The molecule has 1 atom stereocenters. The average molecular weight is 765 g/mol. The van der Waals surface area contributed by atoms with Crippen LogP contribution < -0.4 is 10.0 Å². The number of aliphatic carboxylic acids is 1. The summed E-state index contributed by atoms with van der Waals surface area (Å²) in [6, 6.07) is 19.1. The molecule has 54 heavy (non-hydrogen) atoms. The quantitative estimate of drug-likeness (QED) is 0.0908. The van der Waals surface area contributed by atoms with Crippen LogP contribution in [0.5, 0.6) is 0 Å². The minimum absolute atomic E-state index is 0.00215. The van der Waals surface area contributed by atoms with Gasteiger partial charge in [-0.2, -0.15) is 17.6 Å². The Bertz CT molecular complexity index is 2490. The van der Waals surface area contributed by atoms with Crippen LogP contribution in [-0.2, 0) is 27.7 Å². The zero-order valence-electron chi connectivity index (χ0n) is 27.5. The molecule has 4 aromatic carbocycles. The number of carbonyl (C=O) groups is 2. The lowest BCUT2D eigenvalue weighted by Gasteiger charge is -2.18. The first-order chi connectivity index (χ1) is 25.6. The zero-order valence-corrected chi connectivity index (χ0v) is 28.4. The van der Waals surface area contributed by atoms with Gasteiger partial charge in [-0.25, -0.2) is 27.0 Å². The number of hydrogen-bond donors (Lipinski definition) is 3. The highest BCUT2D eigenvalue weighted by Crippen LogP contribution is 2.35. The van der Waals surface area contributed by atoms with E-state index >= 15 is 8.78 Å². The van der Waals surface area contributed by atoms with Gasteiger partial charge >= 0.3 is 12.1 Å². The van der Waals surface area contributed by atoms with E-state index in [1.54, 1.807) is 12.1 Å². The van der Waals surface area contributed by atoms with Crippen LogP contribution in [0.1, 0.15) is 21.5 Å². The number of fused-ring (bicyclic) bond motifs is 1. The van der Waals surface area contributed by atoms with Crippen molar-refractivity contribution in [2.24, 2.45) is 0 Å². The van der Waals surface area contributed by atoms with Crippen LogP contribution in [0.3, 0.4) is 0 Å². The molecule has 9 nitrogen and oxygen atoms in total. The molecule has 0 bridgehead atoms. The Hall–Kier alpha value is -6.29. The van der Waals surface area contributed by atoms with Crippen molar-refractivity contribution >= 4 is 38.5 Å². The number of amides is 1. The third-order valence-electron chi connectivity index (χ3n) is 8.33. The number of benzene rings is 4. The normalized spacial score (nSPS) is 12.3. The highest BCUT2D eigenvalue weighted by Gasteiger charge is 2.30. The standard InChI is InChI=1S/C38H26F6N4O5S/c39-30-18-25(48-54(52,53)26-10-7-21(8-11-26)22-13-15-45-33(41)17-22)19-31(40)34(30)36(49)47-32(37(50)51)16-23-9-12-29(35-28(23)6-3-14-46-35)27-5-2-1-4-24(27)20-38(42,43)44/h1-15,17-19,32,48H,16,20H2,(H,47,49)(H,50,51)/t32-/m0/s1. The maximum absolute atomic E-state index is 15.2. The van der Waals surface area contributed by atoms with E-state index in [-0.39, 0.29) is 21.5 Å². The zero-order chi connectivity index (χ0) is 38.8. The Kier molecular flexibility index (Phi) is 10.4. The molecule has 3 N–H and O–H groups in total. The fraction of sp³-hybridized carbons (Fsp3) is 0.105. The van der Waals surface area contributed by atoms with Gasteiger partial charge in [-0.05, 0) is 64.2 Å². The van der Waals surface area contributed by atoms with Gasteiger partial charge in [0.25, 0.3) is 15.9 Å². The van der Waals surface area contributed by atoms with Crippen LogP contribution in [0.2, 0.25) is 0 Å². The smallest absolute Gasteiger partial charge is 0.393 e. The first-order valence-corrected chi connectivity index (χ1v) is 17.4. The summed E-state index contributed by atoms with van der Waals surface area (Å²) in [7, 11) is -4.40. The number of carboxylic acid groups (broad SMARTS) is 1. The lowest BCUT2D eigenvalue weighted by molar-refractivity contribution is -0.139. The van der Waals surface area contributed by atoms with Gasteiger partial charge in [-0.1, -0.05) is 54.6 Å². The van der Waals surface area contributed by atoms with Crippen molar-refractivity contribution in [2.75, 3.05) is 4.72 Å². The van der Waals surface area contributed by atoms with Crippen LogP contribution in [0.4, 0.5) is 32.0 Å². The number of alkyl halides is 3. The molecule has 0 spiro atoms. The van der Waals surface area contributed by atoms with Crippen molar-refractivity contribution < 1.29 is 49.5 Å². The fourth-order valence-electron chi connectivity index (χ4n) is 5.90. The first-order valence-electron chi connectivity index (χ1n) is 15.9. The van der Waals surface area contributed by atoms with E-state index in [1.165, 1.54) is 79.1 Å². The average Bonchev–Trinajstić information content (AvgIpc) is 3.10. The van der Waals surface area contributed by atoms with Crippen LogP contribution in [0.25, 0.3) is 33.2 Å². The van der Waals surface area contributed by atoms with Gasteiger partial charge in [-0.3, -0.25) is 14.5 Å². The van der Waals surface area contributed by atoms with E-state index in [9.17, 15) is 40.7 Å². The predicted molar refractivity (Wildman–Crippen MR) is 186 cm³/mol. The number of carbonyl (C=O) groups excluding carboxylic acids is 1. The molecule has 0 fully saturated rings. The molecule has 0 saturated heterocycles. The summed E-state index contributed by atoms with van der Waals surface area (Å²) in [5, 5.41) is 12.4. The Labute approximate surface area is 303 Å². The number of rotatable bonds is 11. The first kappa shape index (κ1) is 37.5. The van der Waals surface area contributed by atoms with Crippen molar-refractivity contribution in [3.63, 3.8) is 0 Å². The maximum Gasteiger partial charge on any atom is 0.393 e. The summed E-state index contributed by atoms with van der Waals surface area (Å²) in [6.45, 7) is 0. The van der Waals surface area contributed by atoms with Crippen molar-refractivity contribution in [3.8, 4) is 22.3 Å². The molecule has 6 rings (SSSR count). The minimum atomic E-state index is -4.49. The third-order valence-corrected chi connectivity index (χ3v) is 9.73. The van der Waals surface area contributed by atoms with Crippen molar-refractivity contribution in [1.82, 2.24) is 15.3 Å². The molecular weight excluding hydrogens is 738 g/mol. The van der Waals surface area contributed by atoms with Gasteiger partial charge in [0.05, 0.1) is 22.5 Å². The highest BCUT2D eigenvalue weighted by atomic mass is 32.2. The van der Waals surface area contributed by atoms with Gasteiger partial charge in [0.1, 0.15) is 23.2 Å². The van der Waals surface area contributed by atoms with E-state index in [4.69, 9.17) is 0 Å². The Balaban J connectivity index is 1.21. The van der Waals surface area contributed by atoms with Gasteiger partial charge in [0, 0.05) is 35.8 Å². The molecule has 0 aliphatic heterocycles. The molecule has 0 aliphatic rings. The van der Waals surface area contributed by atoms with E-state index in [1.807, 2.05) is 4.72 Å². The lowest BCUT2D eigenvalue weighted by Crippen LogP contribution is -2.43. The summed E-state index contributed by atoms with van der Waals surface area (Å²) < 4.78 is 112. The predicted octanol–water partition coefficient (Wildman–Crippen LogP) is 7.71. The van der Waals surface area contributed by atoms with Crippen LogP contribution in [-0.4, -0.2) is 47.6 Å². The number of pyridine rings is 2. The topological polar surface area (TPSA) is 138 Å². The van der Waals surface area contributed by atoms with Crippen LogP contribution in [0, 0.1) is 17.6 Å². The van der Waals surface area contributed by atoms with E-state index < -0.39 is 75.8 Å². The van der Waals surface area contributed by atoms with E-state index in [2.05, 4.69) is 15.3 Å². The summed E-state index contributed by atoms with van der Waals surface area (Å²) in [5.41, 5.74) is 0.326. The Morgan fingerprint density at radius 1 is 0.759 bits per heavy atom. The molecule has 0 saturated carbocycles. The number of aromatic nitrogens is 2. The molecule has 2 heterocycles. The summed E-state index contributed by atoms with van der Waals surface area (Å²) >= 11 is 0. The molecule has 0 radical (unpaired) electrons. The van der Waals surface area contributed by atoms with Crippen molar-refractivity contribution in [2.45, 2.75) is 30.0 Å². The largest absolute Gasteiger partial charge is 0.480 e. The minimum Gasteiger partial charge on any atom is -0.480 e. The van der Waals surface area contributed by atoms with E-state index in [0.29, 0.717) is 39.8 Å². The monoisotopic (exact) mass is 764 g/mol. The second-order valence-electron chi connectivity index (χ2n) is 12.0. The molecule has 0 unspecified atom stereocenters. The second-order valence-corrected chi connectivity index (χ2v) is 13.7. The molecule has 276 valence electrons. The summed E-state index contributed by atoms with van der Waals surface area (Å²) in [4.78, 5) is 32.9. The summed E-state index contributed by atoms with van der Waals surface area (Å²) in [6.07, 6.45) is -3.45. The van der Waals surface area contributed by atoms with Crippen LogP contribution in [0.15, 0.2) is 114 Å². The SMILES string of the molecule is O=C(N[C@@H](Cc1ccc(-c2ccccc2CC(F)(F)F)c2ncccc12)C(=O)O)c1c(F)cc(NS(=O)(=O)c2ccc(-c3ccnc(F)c3)cc2)cc1F. The Morgan fingerprint density at radius 2 is 1.46 bits per heavy atom. The summed E-state index contributed by atoms with van der Waals surface area (Å²) in [5.74, 6) is -6.75. The molecular formula is C38H26F6N4O5S. The van der Waals surface area contributed by atoms with Gasteiger partial charge in [0.2, 0.25) is 5.95 Å². The van der Waals surface area contributed by atoms with Crippen molar-refractivity contribution in [1.29, 1.82) is 0 Å². The van der Waals surface area contributed by atoms with Gasteiger partial charge in [-0.15, -0.1) is 0 Å². The number of halogens is 6. The highest BCUT2D eigenvalue weighted by molar-refractivity contribution is 7.92. The maximum atomic E-state index is 15.2. The van der Waals surface area contributed by atoms with Crippen molar-refractivity contribution in [3.05, 3.63) is 144 Å². The number of nitrogens with zero attached hydrogens (tertiary/aromatic N) is 2. The number of nitrogens with one attached hydrogen (secondary N) is 2. The fourth-order valence-corrected chi connectivity index (χ4v) is 6.94. The van der Waals surface area contributed by atoms with Crippen LogP contribution >= 0.6 is 0 Å². The molecule has 16 heteroatoms. The number of anilines is 1. The van der Waals surface area contributed by atoms with Gasteiger partial charge < -0.3 is 10.4 Å². The lowest BCUT2D eigenvalue weighted by atomic mass is 9.92. The number of hydrogen-bond acceptors (Lipinski definition) is 6. The molecule has 0 aliphatic carbocycles. The second kappa shape index (κ2) is 15.0.